The van der Waals surface area contributed by atoms with Gasteiger partial charge in [-0.2, -0.15) is 0 Å². The van der Waals surface area contributed by atoms with Crippen LogP contribution in [-0.4, -0.2) is 34.8 Å². The number of benzene rings is 2. The lowest BCUT2D eigenvalue weighted by molar-refractivity contribution is -0.143. The highest BCUT2D eigenvalue weighted by Gasteiger charge is 2.32. The summed E-state index contributed by atoms with van der Waals surface area (Å²) in [5.41, 5.74) is 1.77. The number of carboxylic acid groups (broad SMARTS) is 1. The Kier molecular flexibility index (Phi) is 5.26. The molecule has 0 aliphatic carbocycles. The van der Waals surface area contributed by atoms with Gasteiger partial charge in [0.05, 0.1) is 5.71 Å². The molecule has 7 heteroatoms. The Bertz CT molecular complexity index is 838. The molecule has 2 atom stereocenters. The van der Waals surface area contributed by atoms with Crippen LogP contribution in [-0.2, 0) is 20.8 Å². The van der Waals surface area contributed by atoms with Gasteiger partial charge in [-0.3, -0.25) is 4.79 Å². The average molecular weight is 356 g/mol. The Labute approximate surface area is 149 Å². The van der Waals surface area contributed by atoms with Crippen molar-refractivity contribution < 1.29 is 23.9 Å². The molecule has 0 bridgehead atoms. The van der Waals surface area contributed by atoms with E-state index in [1.807, 2.05) is 6.07 Å². The van der Waals surface area contributed by atoms with Crippen LogP contribution in [0.15, 0.2) is 59.8 Å². The molecular weight excluding hydrogens is 339 g/mol. The second-order valence-corrected chi connectivity index (χ2v) is 5.94. The van der Waals surface area contributed by atoms with Crippen molar-refractivity contribution >= 4 is 17.6 Å². The molecule has 0 radical (unpaired) electrons. The quantitative estimate of drug-likeness (QED) is 0.830. The van der Waals surface area contributed by atoms with Gasteiger partial charge in [-0.25, -0.2) is 9.18 Å². The molecule has 1 heterocycles. The number of halogens is 1. The molecule has 0 unspecified atom stereocenters. The number of nitrogens with zero attached hydrogens (tertiary/aromatic N) is 1. The van der Waals surface area contributed by atoms with Gasteiger partial charge >= 0.3 is 5.97 Å². The van der Waals surface area contributed by atoms with Crippen LogP contribution in [0.3, 0.4) is 0 Å². The summed E-state index contributed by atoms with van der Waals surface area (Å²) in [7, 11) is 0. The third kappa shape index (κ3) is 4.24. The van der Waals surface area contributed by atoms with Crippen LogP contribution in [0.5, 0.6) is 0 Å². The number of hydrogen-bond donors (Lipinski definition) is 2. The van der Waals surface area contributed by atoms with Gasteiger partial charge < -0.3 is 15.3 Å². The highest BCUT2D eigenvalue weighted by molar-refractivity contribution is 6.04. The topological polar surface area (TPSA) is 88.0 Å². The standard InChI is InChI=1S/C19H17FN2O4/c20-14-8-4-7-13(10-14)15-11-17(26-22-15)18(23)21-16(19(24)25)9-12-5-2-1-3-6-12/h1-8,10,16-17H,9,11H2,(H,21,23)(H,24,25)/t16-,17-/m1/s1. The summed E-state index contributed by atoms with van der Waals surface area (Å²) in [5, 5.41) is 15.7. The molecule has 1 amide bonds. The first-order valence-corrected chi connectivity index (χ1v) is 8.08. The van der Waals surface area contributed by atoms with E-state index in [-0.39, 0.29) is 12.8 Å². The number of aliphatic carboxylic acids is 1. The Morgan fingerprint density at radius 3 is 2.69 bits per heavy atom. The molecule has 0 saturated heterocycles. The Morgan fingerprint density at radius 1 is 1.23 bits per heavy atom. The van der Waals surface area contributed by atoms with Crippen molar-refractivity contribution in [1.29, 1.82) is 0 Å². The van der Waals surface area contributed by atoms with Crippen LogP contribution in [0.4, 0.5) is 4.39 Å². The van der Waals surface area contributed by atoms with Crippen molar-refractivity contribution in [3.05, 3.63) is 71.5 Å². The molecule has 2 aromatic carbocycles. The third-order valence-corrected chi connectivity index (χ3v) is 4.02. The van der Waals surface area contributed by atoms with Gasteiger partial charge in [-0.1, -0.05) is 47.6 Å². The minimum Gasteiger partial charge on any atom is -0.480 e. The zero-order valence-corrected chi connectivity index (χ0v) is 13.8. The van der Waals surface area contributed by atoms with Gasteiger partial charge in [0.25, 0.3) is 5.91 Å². The number of amides is 1. The van der Waals surface area contributed by atoms with Crippen LogP contribution >= 0.6 is 0 Å². The maximum atomic E-state index is 13.3. The normalized spacial score (nSPS) is 17.1. The van der Waals surface area contributed by atoms with Crippen LogP contribution in [0.1, 0.15) is 17.5 Å². The van der Waals surface area contributed by atoms with Gasteiger partial charge in [0.1, 0.15) is 11.9 Å². The molecule has 0 aromatic heterocycles. The maximum absolute atomic E-state index is 13.3. The second kappa shape index (κ2) is 7.77. The van der Waals surface area contributed by atoms with E-state index in [9.17, 15) is 19.1 Å². The zero-order chi connectivity index (χ0) is 18.5. The summed E-state index contributed by atoms with van der Waals surface area (Å²) in [4.78, 5) is 28.9. The summed E-state index contributed by atoms with van der Waals surface area (Å²) in [6, 6.07) is 13.8. The average Bonchev–Trinajstić information content (AvgIpc) is 3.12. The number of carbonyl (C=O) groups is 2. The summed E-state index contributed by atoms with van der Waals surface area (Å²) in [6.07, 6.45) is -0.634. The van der Waals surface area contributed by atoms with Gasteiger partial charge in [0, 0.05) is 18.4 Å². The molecule has 2 N–H and O–H groups in total. The lowest BCUT2D eigenvalue weighted by atomic mass is 10.0. The maximum Gasteiger partial charge on any atom is 0.326 e. The summed E-state index contributed by atoms with van der Waals surface area (Å²) >= 11 is 0. The van der Waals surface area contributed by atoms with E-state index in [4.69, 9.17) is 4.84 Å². The van der Waals surface area contributed by atoms with Crippen molar-refractivity contribution in [1.82, 2.24) is 5.32 Å². The van der Waals surface area contributed by atoms with Crippen molar-refractivity contribution in [2.24, 2.45) is 5.16 Å². The number of hydrogen-bond acceptors (Lipinski definition) is 4. The fourth-order valence-corrected chi connectivity index (χ4v) is 2.67. The largest absolute Gasteiger partial charge is 0.480 e. The molecule has 6 nitrogen and oxygen atoms in total. The first-order valence-electron chi connectivity index (χ1n) is 8.08. The summed E-state index contributed by atoms with van der Waals surface area (Å²) in [6.45, 7) is 0. The second-order valence-electron chi connectivity index (χ2n) is 5.94. The molecular formula is C19H17FN2O4. The third-order valence-electron chi connectivity index (χ3n) is 4.02. The predicted molar refractivity (Wildman–Crippen MR) is 92.1 cm³/mol. The molecule has 0 fully saturated rings. The minimum absolute atomic E-state index is 0.146. The van der Waals surface area contributed by atoms with Gasteiger partial charge in [-0.15, -0.1) is 0 Å². The van der Waals surface area contributed by atoms with E-state index in [0.29, 0.717) is 11.3 Å². The van der Waals surface area contributed by atoms with Crippen LogP contribution in [0.25, 0.3) is 0 Å². The number of carbonyl (C=O) groups excluding carboxylic acids is 1. The van der Waals surface area contributed by atoms with Crippen LogP contribution in [0, 0.1) is 5.82 Å². The van der Waals surface area contributed by atoms with Gasteiger partial charge in [0.2, 0.25) is 6.10 Å². The van der Waals surface area contributed by atoms with Gasteiger partial charge in [-0.05, 0) is 17.7 Å². The molecule has 1 aliphatic rings. The molecule has 134 valence electrons. The number of oxime groups is 1. The number of nitrogens with one attached hydrogen (secondary N) is 1. The summed E-state index contributed by atoms with van der Waals surface area (Å²) in [5.74, 6) is -2.11. The van der Waals surface area contributed by atoms with Crippen LogP contribution < -0.4 is 5.32 Å². The fraction of sp³-hybridized carbons (Fsp3) is 0.211. The van der Waals surface area contributed by atoms with E-state index in [1.54, 1.807) is 36.4 Å². The molecule has 2 aromatic rings. The van der Waals surface area contributed by atoms with E-state index in [1.165, 1.54) is 12.1 Å². The highest BCUT2D eigenvalue weighted by atomic mass is 19.1. The van der Waals surface area contributed by atoms with Crippen LogP contribution in [0.2, 0.25) is 0 Å². The number of rotatable bonds is 6. The van der Waals surface area contributed by atoms with Crippen molar-refractivity contribution in [2.45, 2.75) is 25.0 Å². The highest BCUT2D eigenvalue weighted by Crippen LogP contribution is 2.18. The molecule has 26 heavy (non-hydrogen) atoms. The fourth-order valence-electron chi connectivity index (χ4n) is 2.67. The smallest absolute Gasteiger partial charge is 0.326 e. The van der Waals surface area contributed by atoms with Crippen molar-refractivity contribution in [3.63, 3.8) is 0 Å². The molecule has 0 spiro atoms. The Balaban J connectivity index is 1.61. The SMILES string of the molecule is O=C(O)[C@@H](Cc1ccccc1)NC(=O)[C@H]1CC(c2cccc(F)c2)=NO1. The van der Waals surface area contributed by atoms with E-state index >= 15 is 0 Å². The van der Waals surface area contributed by atoms with Crippen molar-refractivity contribution in [2.75, 3.05) is 0 Å². The van der Waals surface area contributed by atoms with Crippen molar-refractivity contribution in [3.8, 4) is 0 Å². The lowest BCUT2D eigenvalue weighted by Gasteiger charge is -2.16. The monoisotopic (exact) mass is 356 g/mol. The predicted octanol–water partition coefficient (Wildman–Crippen LogP) is 2.13. The van der Waals surface area contributed by atoms with E-state index in [2.05, 4.69) is 10.5 Å². The Morgan fingerprint density at radius 2 is 2.00 bits per heavy atom. The first kappa shape index (κ1) is 17.6. The minimum atomic E-state index is -1.13. The summed E-state index contributed by atoms with van der Waals surface area (Å²) < 4.78 is 13.3. The zero-order valence-electron chi connectivity index (χ0n) is 13.8. The molecule has 1 aliphatic heterocycles. The molecule has 0 saturated carbocycles. The van der Waals surface area contributed by atoms with E-state index in [0.717, 1.165) is 5.56 Å². The number of carboxylic acids is 1. The Hall–Kier alpha value is -3.22. The lowest BCUT2D eigenvalue weighted by Crippen LogP contribution is -2.46. The van der Waals surface area contributed by atoms with Gasteiger partial charge in [0.15, 0.2) is 0 Å². The first-order chi connectivity index (χ1) is 12.5. The van der Waals surface area contributed by atoms with E-state index < -0.39 is 29.8 Å². The molecule has 3 rings (SSSR count).